The van der Waals surface area contributed by atoms with E-state index in [9.17, 15) is 9.18 Å². The highest BCUT2D eigenvalue weighted by atomic mass is 19.1. The standard InChI is InChI=1S/C17H19FN2O/c1-12(14-7-9-16(18)10-8-14)20(2)11-13-3-5-15(6-4-13)17(19)21/h3-10,12H,11H2,1-2H3,(H2,19,21). The molecule has 3 nitrogen and oxygen atoms in total. The maximum absolute atomic E-state index is 12.9. The van der Waals surface area contributed by atoms with E-state index in [2.05, 4.69) is 11.8 Å². The second-order valence-electron chi connectivity index (χ2n) is 5.20. The first-order valence-corrected chi connectivity index (χ1v) is 6.82. The molecule has 0 aliphatic rings. The lowest BCUT2D eigenvalue weighted by molar-refractivity contribution is 0.100. The van der Waals surface area contributed by atoms with Crippen molar-refractivity contribution in [3.05, 3.63) is 71.0 Å². The highest BCUT2D eigenvalue weighted by Gasteiger charge is 2.12. The zero-order chi connectivity index (χ0) is 15.4. The molecule has 2 N–H and O–H groups in total. The Morgan fingerprint density at radius 1 is 1.14 bits per heavy atom. The van der Waals surface area contributed by atoms with Gasteiger partial charge in [-0.2, -0.15) is 0 Å². The summed E-state index contributed by atoms with van der Waals surface area (Å²) in [6, 6.07) is 14.0. The molecule has 110 valence electrons. The number of benzene rings is 2. The highest BCUT2D eigenvalue weighted by Crippen LogP contribution is 2.21. The molecule has 4 heteroatoms. The van der Waals surface area contributed by atoms with Gasteiger partial charge in [0.25, 0.3) is 0 Å². The van der Waals surface area contributed by atoms with E-state index in [1.807, 2.05) is 19.2 Å². The Balaban J connectivity index is 2.04. The van der Waals surface area contributed by atoms with Gasteiger partial charge in [-0.3, -0.25) is 9.69 Å². The molecule has 0 saturated carbocycles. The molecule has 0 spiro atoms. The predicted octanol–water partition coefficient (Wildman–Crippen LogP) is 3.12. The van der Waals surface area contributed by atoms with Crippen molar-refractivity contribution in [2.75, 3.05) is 7.05 Å². The SMILES string of the molecule is CC(c1ccc(F)cc1)N(C)Cc1ccc(C(N)=O)cc1. The van der Waals surface area contributed by atoms with Gasteiger partial charge >= 0.3 is 0 Å². The van der Waals surface area contributed by atoms with Crippen LogP contribution in [0.15, 0.2) is 48.5 Å². The van der Waals surface area contributed by atoms with Crippen LogP contribution < -0.4 is 5.73 Å². The lowest BCUT2D eigenvalue weighted by Gasteiger charge is -2.25. The Morgan fingerprint density at radius 3 is 2.24 bits per heavy atom. The average Bonchev–Trinajstić information content (AvgIpc) is 2.47. The summed E-state index contributed by atoms with van der Waals surface area (Å²) in [5, 5.41) is 0. The van der Waals surface area contributed by atoms with Crippen LogP contribution in [0.3, 0.4) is 0 Å². The Labute approximate surface area is 124 Å². The molecule has 1 unspecified atom stereocenters. The van der Waals surface area contributed by atoms with Crippen LogP contribution in [0.5, 0.6) is 0 Å². The van der Waals surface area contributed by atoms with Crippen molar-refractivity contribution in [1.29, 1.82) is 0 Å². The third kappa shape index (κ3) is 3.89. The molecule has 2 aromatic carbocycles. The number of carbonyl (C=O) groups is 1. The van der Waals surface area contributed by atoms with E-state index in [0.29, 0.717) is 5.56 Å². The Morgan fingerprint density at radius 2 is 1.71 bits per heavy atom. The van der Waals surface area contributed by atoms with E-state index in [1.165, 1.54) is 12.1 Å². The summed E-state index contributed by atoms with van der Waals surface area (Å²) >= 11 is 0. The van der Waals surface area contributed by atoms with Crippen molar-refractivity contribution >= 4 is 5.91 Å². The minimum Gasteiger partial charge on any atom is -0.366 e. The molecule has 0 bridgehead atoms. The van der Waals surface area contributed by atoms with Crippen LogP contribution in [0.2, 0.25) is 0 Å². The first kappa shape index (κ1) is 15.2. The number of hydrogen-bond donors (Lipinski definition) is 1. The molecule has 2 rings (SSSR count). The summed E-state index contributed by atoms with van der Waals surface area (Å²) < 4.78 is 12.9. The van der Waals surface area contributed by atoms with Crippen LogP contribution in [-0.2, 0) is 6.54 Å². The third-order valence-corrected chi connectivity index (χ3v) is 3.68. The minimum atomic E-state index is -0.422. The molecule has 0 radical (unpaired) electrons. The number of nitrogens with two attached hydrogens (primary N) is 1. The van der Waals surface area contributed by atoms with Crippen LogP contribution in [0.4, 0.5) is 4.39 Å². The van der Waals surface area contributed by atoms with Gasteiger partial charge in [-0.05, 0) is 49.4 Å². The lowest BCUT2D eigenvalue weighted by Crippen LogP contribution is -2.22. The zero-order valence-electron chi connectivity index (χ0n) is 12.2. The van der Waals surface area contributed by atoms with Gasteiger partial charge in [0, 0.05) is 18.2 Å². The molecule has 0 saturated heterocycles. The van der Waals surface area contributed by atoms with Crippen molar-refractivity contribution in [3.63, 3.8) is 0 Å². The number of hydrogen-bond acceptors (Lipinski definition) is 2. The van der Waals surface area contributed by atoms with Crippen molar-refractivity contribution < 1.29 is 9.18 Å². The third-order valence-electron chi connectivity index (χ3n) is 3.68. The lowest BCUT2D eigenvalue weighted by atomic mass is 10.1. The fraction of sp³-hybridized carbons (Fsp3) is 0.235. The Kier molecular flexibility index (Phi) is 4.70. The molecule has 0 aliphatic heterocycles. The van der Waals surface area contributed by atoms with Crippen LogP contribution in [0.1, 0.15) is 34.5 Å². The summed E-state index contributed by atoms with van der Waals surface area (Å²) in [5.41, 5.74) is 7.89. The van der Waals surface area contributed by atoms with Crippen LogP contribution >= 0.6 is 0 Å². The summed E-state index contributed by atoms with van der Waals surface area (Å²) in [6.45, 7) is 2.81. The topological polar surface area (TPSA) is 46.3 Å². The molecule has 21 heavy (non-hydrogen) atoms. The van der Waals surface area contributed by atoms with E-state index < -0.39 is 5.91 Å². The van der Waals surface area contributed by atoms with Crippen LogP contribution in [0.25, 0.3) is 0 Å². The van der Waals surface area contributed by atoms with Gasteiger partial charge in [-0.25, -0.2) is 4.39 Å². The first-order chi connectivity index (χ1) is 9.97. The van der Waals surface area contributed by atoms with Gasteiger partial charge in [0.05, 0.1) is 0 Å². The number of amides is 1. The van der Waals surface area contributed by atoms with Gasteiger partial charge in [0.1, 0.15) is 5.82 Å². The van der Waals surface area contributed by atoms with Crippen molar-refractivity contribution in [1.82, 2.24) is 4.90 Å². The Hall–Kier alpha value is -2.20. The van der Waals surface area contributed by atoms with Crippen molar-refractivity contribution in [2.24, 2.45) is 5.73 Å². The Bertz CT molecular complexity index is 608. The molecule has 1 amide bonds. The highest BCUT2D eigenvalue weighted by molar-refractivity contribution is 5.92. The van der Waals surface area contributed by atoms with Crippen LogP contribution in [-0.4, -0.2) is 17.9 Å². The van der Waals surface area contributed by atoms with Gasteiger partial charge in [-0.15, -0.1) is 0 Å². The normalized spacial score (nSPS) is 12.4. The smallest absolute Gasteiger partial charge is 0.248 e. The number of halogens is 1. The van der Waals surface area contributed by atoms with Crippen molar-refractivity contribution in [3.8, 4) is 0 Å². The number of primary amides is 1. The second-order valence-corrected chi connectivity index (χ2v) is 5.20. The average molecular weight is 286 g/mol. The van der Waals surface area contributed by atoms with E-state index in [1.54, 1.807) is 24.3 Å². The number of carbonyl (C=O) groups excluding carboxylic acids is 1. The zero-order valence-corrected chi connectivity index (χ0v) is 12.2. The van der Waals surface area contributed by atoms with E-state index in [4.69, 9.17) is 5.73 Å². The predicted molar refractivity (Wildman–Crippen MR) is 81.2 cm³/mol. The molecule has 1 atom stereocenters. The first-order valence-electron chi connectivity index (χ1n) is 6.82. The molecule has 2 aromatic rings. The van der Waals surface area contributed by atoms with Gasteiger partial charge in [0.2, 0.25) is 5.91 Å². The molecule has 0 aromatic heterocycles. The largest absolute Gasteiger partial charge is 0.366 e. The second kappa shape index (κ2) is 6.50. The summed E-state index contributed by atoms with van der Waals surface area (Å²) in [4.78, 5) is 13.2. The molecular weight excluding hydrogens is 267 g/mol. The monoisotopic (exact) mass is 286 g/mol. The summed E-state index contributed by atoms with van der Waals surface area (Å²) in [7, 11) is 2.01. The summed E-state index contributed by atoms with van der Waals surface area (Å²) in [6.07, 6.45) is 0. The molecule has 0 fully saturated rings. The number of rotatable bonds is 5. The maximum Gasteiger partial charge on any atom is 0.248 e. The molecule has 0 aliphatic carbocycles. The quantitative estimate of drug-likeness (QED) is 0.918. The van der Waals surface area contributed by atoms with Gasteiger partial charge in [0.15, 0.2) is 0 Å². The fourth-order valence-electron chi connectivity index (χ4n) is 2.20. The molecular formula is C17H19FN2O. The number of nitrogens with zero attached hydrogens (tertiary/aromatic N) is 1. The fourth-order valence-corrected chi connectivity index (χ4v) is 2.20. The summed E-state index contributed by atoms with van der Waals surface area (Å²) in [5.74, 6) is -0.648. The van der Waals surface area contributed by atoms with Gasteiger partial charge in [-0.1, -0.05) is 24.3 Å². The van der Waals surface area contributed by atoms with E-state index >= 15 is 0 Å². The molecule has 0 heterocycles. The van der Waals surface area contributed by atoms with Crippen LogP contribution in [0, 0.1) is 5.82 Å². The minimum absolute atomic E-state index is 0.168. The van der Waals surface area contributed by atoms with Crippen molar-refractivity contribution in [2.45, 2.75) is 19.5 Å². The van der Waals surface area contributed by atoms with E-state index in [0.717, 1.165) is 17.7 Å². The van der Waals surface area contributed by atoms with Gasteiger partial charge < -0.3 is 5.73 Å². The maximum atomic E-state index is 12.9. The van der Waals surface area contributed by atoms with E-state index in [-0.39, 0.29) is 11.9 Å².